The van der Waals surface area contributed by atoms with Crippen molar-refractivity contribution in [2.45, 2.75) is 26.4 Å². The number of methoxy groups -OCH3 is 1. The molecule has 6 nitrogen and oxygen atoms in total. The molecule has 0 saturated carbocycles. The summed E-state index contributed by atoms with van der Waals surface area (Å²) in [6.45, 7) is 4.73. The van der Waals surface area contributed by atoms with Crippen molar-refractivity contribution < 1.29 is 9.84 Å². The lowest BCUT2D eigenvalue weighted by Crippen LogP contribution is -2.30. The number of nitrogens with one attached hydrogen (secondary N) is 2. The minimum Gasteiger partial charge on any atom is -0.497 e. The average molecular weight is 393 g/mol. The number of hydrogen-bond donors (Lipinski definition) is 3. The van der Waals surface area contributed by atoms with E-state index in [0.29, 0.717) is 18.3 Å². The van der Waals surface area contributed by atoms with Crippen LogP contribution in [0.1, 0.15) is 19.4 Å². The number of hydrogen-bond acceptors (Lipinski definition) is 6. The monoisotopic (exact) mass is 392 g/mol. The summed E-state index contributed by atoms with van der Waals surface area (Å²) in [5, 5.41) is 16.3. The Hall–Kier alpha value is -3.12. The number of aliphatic hydroxyl groups excluding tert-OH is 1. The Morgan fingerprint density at radius 3 is 2.48 bits per heavy atom. The molecule has 1 heterocycles. The quantitative estimate of drug-likeness (QED) is 0.507. The van der Waals surface area contributed by atoms with Crippen molar-refractivity contribution in [1.29, 1.82) is 0 Å². The molecule has 6 heteroatoms. The zero-order chi connectivity index (χ0) is 20.6. The second kappa shape index (κ2) is 9.89. The number of rotatable bonds is 9. The summed E-state index contributed by atoms with van der Waals surface area (Å²) in [5.74, 6) is 2.27. The van der Waals surface area contributed by atoms with Gasteiger partial charge in [0.1, 0.15) is 11.6 Å². The Labute approximate surface area is 172 Å². The zero-order valence-electron chi connectivity index (χ0n) is 17.1. The maximum absolute atomic E-state index is 9.67. The highest BCUT2D eigenvalue weighted by Gasteiger charge is 2.15. The number of ether oxygens (including phenoxy) is 1. The van der Waals surface area contributed by atoms with E-state index in [4.69, 9.17) is 4.74 Å². The molecule has 152 valence electrons. The third kappa shape index (κ3) is 5.68. The van der Waals surface area contributed by atoms with E-state index >= 15 is 0 Å². The highest BCUT2D eigenvalue weighted by molar-refractivity contribution is 5.64. The Morgan fingerprint density at radius 1 is 1.00 bits per heavy atom. The van der Waals surface area contributed by atoms with Crippen LogP contribution in [-0.4, -0.2) is 34.8 Å². The smallest absolute Gasteiger partial charge is 0.225 e. The third-order valence-corrected chi connectivity index (χ3v) is 4.72. The summed E-state index contributed by atoms with van der Waals surface area (Å²) in [6.07, 6.45) is 0. The highest BCUT2D eigenvalue weighted by Crippen LogP contribution is 2.23. The summed E-state index contributed by atoms with van der Waals surface area (Å²) in [4.78, 5) is 9.27. The molecule has 0 aliphatic carbocycles. The van der Waals surface area contributed by atoms with E-state index in [0.717, 1.165) is 22.6 Å². The zero-order valence-corrected chi connectivity index (χ0v) is 17.1. The van der Waals surface area contributed by atoms with Crippen LogP contribution in [-0.2, 0) is 6.54 Å². The third-order valence-electron chi connectivity index (χ3n) is 4.72. The molecule has 0 aliphatic rings. The molecule has 3 N–H and O–H groups in total. The number of aromatic nitrogens is 2. The molecule has 0 fully saturated rings. The van der Waals surface area contributed by atoms with E-state index in [1.54, 1.807) is 7.11 Å². The van der Waals surface area contributed by atoms with Gasteiger partial charge in [-0.15, -0.1) is 0 Å². The standard InChI is InChI=1S/C23H28N4O2/c1-16(2)21(15-28)26-23-25-20(18-9-5-4-6-10-18)13-22(27-23)24-14-17-8-7-11-19(12-17)29-3/h4-13,16,21,28H,14-15H2,1-3H3,(H2,24,25,26,27)/t21-/m1/s1. The number of aliphatic hydroxyl groups is 1. The number of benzene rings is 2. The van der Waals surface area contributed by atoms with Crippen molar-refractivity contribution in [3.63, 3.8) is 0 Å². The predicted octanol–water partition coefficient (Wildman–Crippen LogP) is 4.19. The fourth-order valence-electron chi connectivity index (χ4n) is 2.92. The van der Waals surface area contributed by atoms with Crippen LogP contribution in [0.4, 0.5) is 11.8 Å². The van der Waals surface area contributed by atoms with E-state index < -0.39 is 0 Å². The fraction of sp³-hybridized carbons (Fsp3) is 0.304. The maximum atomic E-state index is 9.67. The molecular formula is C23H28N4O2. The van der Waals surface area contributed by atoms with E-state index in [1.165, 1.54) is 0 Å². The lowest BCUT2D eigenvalue weighted by molar-refractivity contribution is 0.248. The lowest BCUT2D eigenvalue weighted by Gasteiger charge is -2.20. The van der Waals surface area contributed by atoms with Crippen LogP contribution >= 0.6 is 0 Å². The first-order valence-electron chi connectivity index (χ1n) is 9.77. The van der Waals surface area contributed by atoms with Gasteiger partial charge < -0.3 is 20.5 Å². The van der Waals surface area contributed by atoms with Crippen LogP contribution in [0.15, 0.2) is 60.7 Å². The Bertz CT molecular complexity index is 916. The largest absolute Gasteiger partial charge is 0.497 e. The molecule has 0 bridgehead atoms. The van der Waals surface area contributed by atoms with Gasteiger partial charge in [-0.05, 0) is 23.6 Å². The molecule has 0 aliphatic heterocycles. The molecule has 3 aromatic rings. The number of nitrogens with zero attached hydrogens (tertiary/aromatic N) is 2. The van der Waals surface area contributed by atoms with Gasteiger partial charge in [0.15, 0.2) is 0 Å². The van der Waals surface area contributed by atoms with E-state index in [1.807, 2.05) is 60.7 Å². The average Bonchev–Trinajstić information content (AvgIpc) is 2.76. The highest BCUT2D eigenvalue weighted by atomic mass is 16.5. The molecular weight excluding hydrogens is 364 g/mol. The van der Waals surface area contributed by atoms with E-state index in [-0.39, 0.29) is 18.6 Å². The van der Waals surface area contributed by atoms with Gasteiger partial charge in [0.2, 0.25) is 5.95 Å². The van der Waals surface area contributed by atoms with Crippen LogP contribution in [0.5, 0.6) is 5.75 Å². The fourth-order valence-corrected chi connectivity index (χ4v) is 2.92. The van der Waals surface area contributed by atoms with Gasteiger partial charge in [0, 0.05) is 18.2 Å². The molecule has 0 unspecified atom stereocenters. The first-order chi connectivity index (χ1) is 14.1. The van der Waals surface area contributed by atoms with Crippen molar-refractivity contribution in [2.75, 3.05) is 24.4 Å². The van der Waals surface area contributed by atoms with Crippen LogP contribution < -0.4 is 15.4 Å². The summed E-state index contributed by atoms with van der Waals surface area (Å²) in [6, 6.07) is 19.7. The van der Waals surface area contributed by atoms with Gasteiger partial charge in [-0.25, -0.2) is 4.98 Å². The topological polar surface area (TPSA) is 79.3 Å². The Morgan fingerprint density at radius 2 is 1.79 bits per heavy atom. The lowest BCUT2D eigenvalue weighted by atomic mass is 10.1. The molecule has 0 radical (unpaired) electrons. The minimum atomic E-state index is -0.118. The van der Waals surface area contributed by atoms with Crippen LogP contribution in [0.3, 0.4) is 0 Å². The normalized spacial score (nSPS) is 11.9. The van der Waals surface area contributed by atoms with Crippen molar-refractivity contribution in [1.82, 2.24) is 9.97 Å². The van der Waals surface area contributed by atoms with Gasteiger partial charge >= 0.3 is 0 Å². The Kier molecular flexibility index (Phi) is 7.03. The van der Waals surface area contributed by atoms with Crippen molar-refractivity contribution >= 4 is 11.8 Å². The van der Waals surface area contributed by atoms with Gasteiger partial charge in [0.25, 0.3) is 0 Å². The van der Waals surface area contributed by atoms with Crippen LogP contribution in [0, 0.1) is 5.92 Å². The van der Waals surface area contributed by atoms with Gasteiger partial charge in [-0.3, -0.25) is 0 Å². The molecule has 1 aromatic heterocycles. The Balaban J connectivity index is 1.87. The van der Waals surface area contributed by atoms with E-state index in [9.17, 15) is 5.11 Å². The minimum absolute atomic E-state index is 0.0170. The molecule has 29 heavy (non-hydrogen) atoms. The molecule has 0 spiro atoms. The van der Waals surface area contributed by atoms with E-state index in [2.05, 4.69) is 34.4 Å². The molecule has 2 aromatic carbocycles. The summed E-state index contributed by atoms with van der Waals surface area (Å²) in [5.41, 5.74) is 2.92. The molecule has 3 rings (SSSR count). The molecule has 1 atom stereocenters. The molecule has 0 amide bonds. The second-order valence-corrected chi connectivity index (χ2v) is 7.21. The van der Waals surface area contributed by atoms with Crippen molar-refractivity contribution in [3.05, 3.63) is 66.2 Å². The first-order valence-corrected chi connectivity index (χ1v) is 9.77. The summed E-state index contributed by atoms with van der Waals surface area (Å²) < 4.78 is 5.29. The van der Waals surface area contributed by atoms with Crippen molar-refractivity contribution in [3.8, 4) is 17.0 Å². The molecule has 0 saturated heterocycles. The van der Waals surface area contributed by atoms with Crippen molar-refractivity contribution in [2.24, 2.45) is 5.92 Å². The van der Waals surface area contributed by atoms with Gasteiger partial charge in [0.05, 0.1) is 25.5 Å². The maximum Gasteiger partial charge on any atom is 0.225 e. The first kappa shape index (κ1) is 20.6. The van der Waals surface area contributed by atoms with Gasteiger partial charge in [-0.1, -0.05) is 56.3 Å². The van der Waals surface area contributed by atoms with Crippen LogP contribution in [0.25, 0.3) is 11.3 Å². The van der Waals surface area contributed by atoms with Gasteiger partial charge in [-0.2, -0.15) is 4.98 Å². The number of anilines is 2. The second-order valence-electron chi connectivity index (χ2n) is 7.21. The summed E-state index contributed by atoms with van der Waals surface area (Å²) in [7, 11) is 1.66. The van der Waals surface area contributed by atoms with Crippen LogP contribution in [0.2, 0.25) is 0 Å². The SMILES string of the molecule is COc1cccc(CNc2cc(-c3ccccc3)nc(N[C@H](CO)C(C)C)n2)c1. The predicted molar refractivity (Wildman–Crippen MR) is 117 cm³/mol. The summed E-state index contributed by atoms with van der Waals surface area (Å²) >= 11 is 0.